The largest absolute Gasteiger partial charge is 0.361 e. The number of anilines is 1. The van der Waals surface area contributed by atoms with Crippen LogP contribution in [0.15, 0.2) is 42.9 Å². The van der Waals surface area contributed by atoms with Crippen molar-refractivity contribution in [2.75, 3.05) is 38.1 Å². The number of hydrogen-bond acceptors (Lipinski definition) is 6. The van der Waals surface area contributed by atoms with Crippen molar-refractivity contribution in [3.8, 4) is 0 Å². The topological polar surface area (TPSA) is 97.4 Å². The molecule has 1 fully saturated rings. The summed E-state index contributed by atoms with van der Waals surface area (Å²) in [4.78, 5) is 27.9. The van der Waals surface area contributed by atoms with Crippen LogP contribution in [0.5, 0.6) is 0 Å². The van der Waals surface area contributed by atoms with Gasteiger partial charge in [0.05, 0.1) is 5.56 Å². The molecule has 0 saturated carbocycles. The minimum Gasteiger partial charge on any atom is -0.361 e. The first-order valence-corrected chi connectivity index (χ1v) is 10.4. The molecule has 158 valence electrons. The van der Waals surface area contributed by atoms with Gasteiger partial charge in [0, 0.05) is 55.7 Å². The predicted molar refractivity (Wildman–Crippen MR) is 116 cm³/mol. The number of aromatic amines is 1. The number of aromatic nitrogens is 3. The summed E-state index contributed by atoms with van der Waals surface area (Å²) < 4.78 is 0. The van der Waals surface area contributed by atoms with Gasteiger partial charge in [0.2, 0.25) is 5.95 Å². The molecule has 1 amide bonds. The third-order valence-electron chi connectivity index (χ3n) is 5.91. The number of para-hydroxylation sites is 1. The van der Waals surface area contributed by atoms with Crippen LogP contribution in [-0.4, -0.2) is 64.2 Å². The van der Waals surface area contributed by atoms with E-state index in [0.717, 1.165) is 45.4 Å². The summed E-state index contributed by atoms with van der Waals surface area (Å²) in [6, 6.07) is 8.46. The van der Waals surface area contributed by atoms with Crippen LogP contribution in [0.4, 0.5) is 5.95 Å². The second-order valence-electron chi connectivity index (χ2n) is 8.01. The van der Waals surface area contributed by atoms with Gasteiger partial charge in [0.1, 0.15) is 0 Å². The molecule has 4 rings (SSSR count). The number of hydroxylamine groups is 1. The SMILES string of the molecule is CN(CCc1c[nH]c2ccccc12)CC1CCN(c2ncc(C(=O)NO)cn2)CC1. The monoisotopic (exact) mass is 408 g/mol. The van der Waals surface area contributed by atoms with Gasteiger partial charge in [-0.05, 0) is 43.9 Å². The number of piperidine rings is 1. The molecule has 2 aromatic heterocycles. The van der Waals surface area contributed by atoms with Crippen molar-refractivity contribution in [2.24, 2.45) is 5.92 Å². The number of nitrogens with zero attached hydrogens (tertiary/aromatic N) is 4. The lowest BCUT2D eigenvalue weighted by molar-refractivity contribution is 0.0705. The van der Waals surface area contributed by atoms with Crippen molar-refractivity contribution in [3.05, 3.63) is 54.0 Å². The van der Waals surface area contributed by atoms with Crippen LogP contribution >= 0.6 is 0 Å². The van der Waals surface area contributed by atoms with Crippen LogP contribution in [0.25, 0.3) is 10.9 Å². The molecule has 0 aliphatic carbocycles. The van der Waals surface area contributed by atoms with Crippen LogP contribution in [0.3, 0.4) is 0 Å². The summed E-state index contributed by atoms with van der Waals surface area (Å²) in [5, 5.41) is 10.00. The zero-order valence-corrected chi connectivity index (χ0v) is 17.2. The minimum atomic E-state index is -0.601. The molecule has 3 aromatic rings. The number of carbonyl (C=O) groups is 1. The summed E-state index contributed by atoms with van der Waals surface area (Å²) >= 11 is 0. The van der Waals surface area contributed by atoms with E-state index in [2.05, 4.69) is 62.3 Å². The molecular weight excluding hydrogens is 380 g/mol. The van der Waals surface area contributed by atoms with Gasteiger partial charge in [-0.15, -0.1) is 0 Å². The van der Waals surface area contributed by atoms with E-state index < -0.39 is 5.91 Å². The maximum Gasteiger partial charge on any atom is 0.277 e. The van der Waals surface area contributed by atoms with E-state index in [1.807, 2.05) is 0 Å². The highest BCUT2D eigenvalue weighted by molar-refractivity contribution is 5.92. The fourth-order valence-electron chi connectivity index (χ4n) is 4.16. The van der Waals surface area contributed by atoms with E-state index in [0.29, 0.717) is 11.9 Å². The number of carbonyl (C=O) groups excluding carboxylic acids is 1. The van der Waals surface area contributed by atoms with Crippen molar-refractivity contribution < 1.29 is 10.0 Å². The van der Waals surface area contributed by atoms with Crippen molar-refractivity contribution >= 4 is 22.8 Å². The summed E-state index contributed by atoms with van der Waals surface area (Å²) in [7, 11) is 2.20. The average molecular weight is 409 g/mol. The van der Waals surface area contributed by atoms with Gasteiger partial charge in [0.15, 0.2) is 0 Å². The van der Waals surface area contributed by atoms with Crippen molar-refractivity contribution in [1.82, 2.24) is 25.3 Å². The Bertz CT molecular complexity index is 979. The second-order valence-corrected chi connectivity index (χ2v) is 8.01. The molecule has 1 saturated heterocycles. The van der Waals surface area contributed by atoms with E-state index in [4.69, 9.17) is 5.21 Å². The maximum atomic E-state index is 11.4. The zero-order valence-electron chi connectivity index (χ0n) is 17.2. The van der Waals surface area contributed by atoms with Gasteiger partial charge in [-0.2, -0.15) is 0 Å². The van der Waals surface area contributed by atoms with Gasteiger partial charge in [-0.25, -0.2) is 15.4 Å². The van der Waals surface area contributed by atoms with Gasteiger partial charge in [0.25, 0.3) is 5.91 Å². The molecule has 0 bridgehead atoms. The molecule has 30 heavy (non-hydrogen) atoms. The lowest BCUT2D eigenvalue weighted by Gasteiger charge is -2.34. The Kier molecular flexibility index (Phi) is 6.25. The highest BCUT2D eigenvalue weighted by Crippen LogP contribution is 2.22. The summed E-state index contributed by atoms with van der Waals surface area (Å²) in [5.41, 5.74) is 4.42. The van der Waals surface area contributed by atoms with Crippen molar-refractivity contribution in [2.45, 2.75) is 19.3 Å². The van der Waals surface area contributed by atoms with Crippen LogP contribution in [0.1, 0.15) is 28.8 Å². The molecular formula is C22H28N6O2. The first-order valence-electron chi connectivity index (χ1n) is 10.4. The lowest BCUT2D eigenvalue weighted by atomic mass is 9.96. The van der Waals surface area contributed by atoms with Crippen LogP contribution in [0, 0.1) is 5.92 Å². The third-order valence-corrected chi connectivity index (χ3v) is 5.91. The maximum absolute atomic E-state index is 11.4. The van der Waals surface area contributed by atoms with Crippen LogP contribution in [-0.2, 0) is 6.42 Å². The number of H-pyrrole nitrogens is 1. The standard InChI is InChI=1S/C22H28N6O2/c1-27(9-8-17-12-23-20-5-3-2-4-19(17)20)15-16-6-10-28(11-7-16)22-24-13-18(14-25-22)21(29)26-30/h2-5,12-14,16,23,30H,6-11,15H2,1H3,(H,26,29). The highest BCUT2D eigenvalue weighted by Gasteiger charge is 2.22. The number of benzene rings is 1. The molecule has 1 aliphatic rings. The van der Waals surface area contributed by atoms with Crippen LogP contribution in [0.2, 0.25) is 0 Å². The molecule has 1 aromatic carbocycles. The Labute approximate surface area is 175 Å². The minimum absolute atomic E-state index is 0.243. The smallest absolute Gasteiger partial charge is 0.277 e. The number of rotatable bonds is 7. The van der Waals surface area contributed by atoms with Gasteiger partial charge in [-0.1, -0.05) is 18.2 Å². The summed E-state index contributed by atoms with van der Waals surface area (Å²) in [5.74, 6) is 0.695. The average Bonchev–Trinajstić information content (AvgIpc) is 3.21. The fraction of sp³-hybridized carbons (Fsp3) is 0.409. The molecule has 8 nitrogen and oxygen atoms in total. The third kappa shape index (κ3) is 4.60. The number of fused-ring (bicyclic) bond motifs is 1. The van der Waals surface area contributed by atoms with E-state index in [1.165, 1.54) is 28.9 Å². The first kappa shape index (κ1) is 20.3. The fourth-order valence-corrected chi connectivity index (χ4v) is 4.16. The lowest BCUT2D eigenvalue weighted by Crippen LogP contribution is -2.39. The molecule has 3 heterocycles. The van der Waals surface area contributed by atoms with Crippen molar-refractivity contribution in [1.29, 1.82) is 0 Å². The zero-order chi connectivity index (χ0) is 20.9. The predicted octanol–water partition coefficient (Wildman–Crippen LogP) is 2.47. The number of amides is 1. The Morgan fingerprint density at radius 1 is 1.27 bits per heavy atom. The van der Waals surface area contributed by atoms with Crippen molar-refractivity contribution in [3.63, 3.8) is 0 Å². The quantitative estimate of drug-likeness (QED) is 0.410. The first-order chi connectivity index (χ1) is 14.6. The summed E-state index contributed by atoms with van der Waals surface area (Å²) in [6.45, 7) is 3.95. The Balaban J connectivity index is 1.24. The van der Waals surface area contributed by atoms with E-state index in [-0.39, 0.29) is 5.56 Å². The number of hydrogen-bond donors (Lipinski definition) is 3. The normalized spacial score (nSPS) is 15.1. The number of likely N-dealkylation sites (N-methyl/N-ethyl adjacent to an activating group) is 1. The molecule has 0 unspecified atom stereocenters. The Morgan fingerprint density at radius 3 is 2.73 bits per heavy atom. The van der Waals surface area contributed by atoms with E-state index in [1.54, 1.807) is 5.48 Å². The van der Waals surface area contributed by atoms with Gasteiger partial charge in [-0.3, -0.25) is 10.0 Å². The summed E-state index contributed by atoms with van der Waals surface area (Å²) in [6.07, 6.45) is 8.25. The van der Waals surface area contributed by atoms with E-state index >= 15 is 0 Å². The Morgan fingerprint density at radius 2 is 2.00 bits per heavy atom. The Hall–Kier alpha value is -2.97. The van der Waals surface area contributed by atoms with E-state index in [9.17, 15) is 4.79 Å². The molecule has 0 radical (unpaired) electrons. The molecule has 0 atom stereocenters. The van der Waals surface area contributed by atoms with Crippen LogP contribution < -0.4 is 10.4 Å². The molecule has 1 aliphatic heterocycles. The van der Waals surface area contributed by atoms with Gasteiger partial charge >= 0.3 is 0 Å². The molecule has 8 heteroatoms. The highest BCUT2D eigenvalue weighted by atomic mass is 16.5. The second kappa shape index (κ2) is 9.23. The molecule has 3 N–H and O–H groups in total. The molecule has 0 spiro atoms. The number of nitrogens with one attached hydrogen (secondary N) is 2. The van der Waals surface area contributed by atoms with Gasteiger partial charge < -0.3 is 14.8 Å².